The van der Waals surface area contributed by atoms with Gasteiger partial charge in [-0.05, 0) is 18.2 Å². The van der Waals surface area contributed by atoms with Crippen molar-refractivity contribution in [1.82, 2.24) is 25.6 Å². The number of carbonyl (C=O) groups excluding carboxylic acids is 2. The summed E-state index contributed by atoms with van der Waals surface area (Å²) in [5.74, 6) is -0.685. The Morgan fingerprint density at radius 1 is 1.12 bits per heavy atom. The first-order valence-electron chi connectivity index (χ1n) is 10.2. The van der Waals surface area contributed by atoms with Crippen molar-refractivity contribution in [3.05, 3.63) is 60.2 Å². The zero-order chi connectivity index (χ0) is 22.5. The monoisotopic (exact) mass is 432 g/mol. The fourth-order valence-electron chi connectivity index (χ4n) is 3.52. The number of amides is 2. The fourth-order valence-corrected chi connectivity index (χ4v) is 3.52. The molecular weight excluding hydrogens is 408 g/mol. The summed E-state index contributed by atoms with van der Waals surface area (Å²) in [4.78, 5) is 39.9. The van der Waals surface area contributed by atoms with Gasteiger partial charge in [-0.25, -0.2) is 9.97 Å². The Bertz CT molecular complexity index is 1140. The highest BCUT2D eigenvalue weighted by atomic mass is 16.2. The molecule has 0 radical (unpaired) electrons. The van der Waals surface area contributed by atoms with E-state index in [2.05, 4.69) is 35.8 Å². The Morgan fingerprint density at radius 3 is 2.72 bits per heavy atom. The molecular formula is C22H24N8O2. The van der Waals surface area contributed by atoms with Crippen molar-refractivity contribution in [2.75, 3.05) is 49.2 Å². The number of hydrogen-bond acceptors (Lipinski definition) is 8. The summed E-state index contributed by atoms with van der Waals surface area (Å²) in [6, 6.07) is 8.78. The predicted octanol–water partition coefficient (Wildman–Crippen LogP) is 1.14. The molecule has 0 aliphatic carbocycles. The number of rotatable bonds is 5. The average Bonchev–Trinajstić information content (AvgIpc) is 2.84. The van der Waals surface area contributed by atoms with Gasteiger partial charge in [0.25, 0.3) is 11.8 Å². The second kappa shape index (κ2) is 9.40. The highest BCUT2D eigenvalue weighted by molar-refractivity contribution is 6.07. The van der Waals surface area contributed by atoms with Crippen LogP contribution in [0.25, 0.3) is 11.3 Å². The number of nitrogens with two attached hydrogens (primary N) is 1. The van der Waals surface area contributed by atoms with E-state index >= 15 is 0 Å². The molecule has 0 atom stereocenters. The van der Waals surface area contributed by atoms with E-state index < -0.39 is 5.91 Å². The van der Waals surface area contributed by atoms with Crippen LogP contribution in [0.5, 0.6) is 0 Å². The van der Waals surface area contributed by atoms with Crippen LogP contribution in [0.1, 0.15) is 20.8 Å². The van der Waals surface area contributed by atoms with E-state index in [-0.39, 0.29) is 17.4 Å². The maximum absolute atomic E-state index is 13.1. The SMILES string of the molecule is CNC(=O)c1cccc(-c2cnc(N)c(C(=O)Nc3cnccc3N3CCNCC3)n2)c1. The third kappa shape index (κ3) is 4.49. The van der Waals surface area contributed by atoms with Crippen LogP contribution >= 0.6 is 0 Å². The number of nitrogens with zero attached hydrogens (tertiary/aromatic N) is 4. The second-order valence-electron chi connectivity index (χ2n) is 7.23. The Morgan fingerprint density at radius 2 is 1.94 bits per heavy atom. The van der Waals surface area contributed by atoms with Crippen LogP contribution in [-0.2, 0) is 0 Å². The van der Waals surface area contributed by atoms with E-state index in [1.807, 2.05) is 6.07 Å². The molecule has 2 aromatic heterocycles. The van der Waals surface area contributed by atoms with Crippen LogP contribution in [0.3, 0.4) is 0 Å². The maximum atomic E-state index is 13.1. The molecule has 1 saturated heterocycles. The summed E-state index contributed by atoms with van der Waals surface area (Å²) in [7, 11) is 1.56. The minimum absolute atomic E-state index is 0.00274. The van der Waals surface area contributed by atoms with Gasteiger partial charge in [-0.3, -0.25) is 14.6 Å². The lowest BCUT2D eigenvalue weighted by Crippen LogP contribution is -2.43. The van der Waals surface area contributed by atoms with Gasteiger partial charge in [0.1, 0.15) is 0 Å². The van der Waals surface area contributed by atoms with E-state index in [0.29, 0.717) is 22.5 Å². The summed E-state index contributed by atoms with van der Waals surface area (Å²) in [5, 5.41) is 8.77. The van der Waals surface area contributed by atoms with Crippen LogP contribution in [0.15, 0.2) is 48.9 Å². The van der Waals surface area contributed by atoms with Gasteiger partial charge in [0.05, 0.1) is 29.5 Å². The van der Waals surface area contributed by atoms with Gasteiger partial charge >= 0.3 is 0 Å². The first-order chi connectivity index (χ1) is 15.6. The molecule has 3 heterocycles. The molecule has 10 nitrogen and oxygen atoms in total. The molecule has 4 rings (SSSR count). The zero-order valence-corrected chi connectivity index (χ0v) is 17.6. The summed E-state index contributed by atoms with van der Waals surface area (Å²) >= 11 is 0. The largest absolute Gasteiger partial charge is 0.382 e. The highest BCUT2D eigenvalue weighted by Gasteiger charge is 2.19. The van der Waals surface area contributed by atoms with Crippen molar-refractivity contribution in [2.24, 2.45) is 0 Å². The van der Waals surface area contributed by atoms with Crippen molar-refractivity contribution in [2.45, 2.75) is 0 Å². The second-order valence-corrected chi connectivity index (χ2v) is 7.23. The number of nitrogen functional groups attached to an aromatic ring is 1. The molecule has 2 amide bonds. The number of hydrogen-bond donors (Lipinski definition) is 4. The minimum atomic E-state index is -0.483. The number of carbonyl (C=O) groups is 2. The van der Waals surface area contributed by atoms with Crippen molar-refractivity contribution < 1.29 is 9.59 Å². The zero-order valence-electron chi connectivity index (χ0n) is 17.6. The Hall–Kier alpha value is -4.05. The molecule has 1 aliphatic heterocycles. The van der Waals surface area contributed by atoms with Gasteiger partial charge in [-0.2, -0.15) is 0 Å². The Labute approximate surface area is 185 Å². The molecule has 0 bridgehead atoms. The van der Waals surface area contributed by atoms with E-state index in [9.17, 15) is 9.59 Å². The number of aromatic nitrogens is 3. The van der Waals surface area contributed by atoms with Gasteiger partial charge in [0.2, 0.25) is 0 Å². The molecule has 32 heavy (non-hydrogen) atoms. The first kappa shape index (κ1) is 21.2. The number of anilines is 3. The average molecular weight is 432 g/mol. The third-order valence-corrected chi connectivity index (χ3v) is 5.17. The molecule has 3 aromatic rings. The molecule has 0 saturated carbocycles. The van der Waals surface area contributed by atoms with E-state index in [4.69, 9.17) is 5.73 Å². The van der Waals surface area contributed by atoms with Crippen LogP contribution in [0.4, 0.5) is 17.2 Å². The molecule has 164 valence electrons. The van der Waals surface area contributed by atoms with Gasteiger partial charge in [0, 0.05) is 50.6 Å². The molecule has 10 heteroatoms. The van der Waals surface area contributed by atoms with Gasteiger partial charge < -0.3 is 26.6 Å². The Kier molecular flexibility index (Phi) is 6.22. The molecule has 5 N–H and O–H groups in total. The van der Waals surface area contributed by atoms with Crippen molar-refractivity contribution in [3.8, 4) is 11.3 Å². The normalized spacial score (nSPS) is 13.5. The fraction of sp³-hybridized carbons (Fsp3) is 0.227. The van der Waals surface area contributed by atoms with Crippen molar-refractivity contribution >= 4 is 29.0 Å². The predicted molar refractivity (Wildman–Crippen MR) is 123 cm³/mol. The van der Waals surface area contributed by atoms with Crippen LogP contribution in [0.2, 0.25) is 0 Å². The highest BCUT2D eigenvalue weighted by Crippen LogP contribution is 2.26. The lowest BCUT2D eigenvalue weighted by Gasteiger charge is -2.30. The third-order valence-electron chi connectivity index (χ3n) is 5.17. The van der Waals surface area contributed by atoms with Gasteiger partial charge in [-0.15, -0.1) is 0 Å². The minimum Gasteiger partial charge on any atom is -0.382 e. The van der Waals surface area contributed by atoms with E-state index in [1.165, 1.54) is 6.20 Å². The van der Waals surface area contributed by atoms with Crippen LogP contribution < -0.4 is 26.6 Å². The molecule has 0 spiro atoms. The number of nitrogens with one attached hydrogen (secondary N) is 3. The van der Waals surface area contributed by atoms with Crippen LogP contribution in [-0.4, -0.2) is 60.0 Å². The first-order valence-corrected chi connectivity index (χ1v) is 10.2. The quantitative estimate of drug-likeness (QED) is 0.471. The molecule has 0 unspecified atom stereocenters. The smallest absolute Gasteiger partial charge is 0.278 e. The van der Waals surface area contributed by atoms with E-state index in [1.54, 1.807) is 43.7 Å². The van der Waals surface area contributed by atoms with E-state index in [0.717, 1.165) is 31.9 Å². The topological polar surface area (TPSA) is 138 Å². The van der Waals surface area contributed by atoms with Crippen molar-refractivity contribution in [3.63, 3.8) is 0 Å². The standard InChI is InChI=1S/C22H24N8O2/c1-24-21(31)15-4-2-3-14(11-15)16-13-27-20(23)19(28-16)22(32)29-17-12-26-6-5-18(17)30-9-7-25-8-10-30/h2-6,11-13,25H,7-10H2,1H3,(H2,23,27)(H,24,31)(H,29,32). The summed E-state index contributed by atoms with van der Waals surface area (Å²) < 4.78 is 0. The molecule has 1 aliphatic rings. The van der Waals surface area contributed by atoms with Crippen molar-refractivity contribution in [1.29, 1.82) is 0 Å². The Balaban J connectivity index is 1.61. The lowest BCUT2D eigenvalue weighted by molar-refractivity contribution is 0.0962. The van der Waals surface area contributed by atoms with Gasteiger partial charge in [0.15, 0.2) is 11.5 Å². The summed E-state index contributed by atoms with van der Waals surface area (Å²) in [6.45, 7) is 3.38. The number of benzene rings is 1. The molecule has 1 aromatic carbocycles. The lowest BCUT2D eigenvalue weighted by atomic mass is 10.1. The van der Waals surface area contributed by atoms with Crippen LogP contribution in [0, 0.1) is 0 Å². The summed E-state index contributed by atoms with van der Waals surface area (Å²) in [5.41, 5.74) is 8.99. The maximum Gasteiger partial charge on any atom is 0.278 e. The van der Waals surface area contributed by atoms with Gasteiger partial charge in [-0.1, -0.05) is 12.1 Å². The number of piperazine rings is 1. The summed E-state index contributed by atoms with van der Waals surface area (Å²) in [6.07, 6.45) is 4.78. The molecule has 1 fully saturated rings. The number of pyridine rings is 1.